The van der Waals surface area contributed by atoms with Crippen molar-refractivity contribution in [2.75, 3.05) is 0 Å². The second-order valence-corrected chi connectivity index (χ2v) is 8.90. The van der Waals surface area contributed by atoms with Crippen LogP contribution in [0.2, 0.25) is 0 Å². The Labute approximate surface area is 192 Å². The topological polar surface area (TPSA) is 87.0 Å². The predicted molar refractivity (Wildman–Crippen MR) is 127 cm³/mol. The van der Waals surface area contributed by atoms with Gasteiger partial charge in [0.2, 0.25) is 0 Å². The third-order valence-corrected chi connectivity index (χ3v) is 6.28. The second-order valence-electron chi connectivity index (χ2n) is 8.90. The predicted octanol–water partition coefficient (Wildman–Crippen LogP) is 4.35. The van der Waals surface area contributed by atoms with Crippen LogP contribution in [0.15, 0.2) is 54.6 Å². The lowest BCUT2D eigenvalue weighted by atomic mass is 9.89. The Morgan fingerprint density at radius 1 is 1.19 bits per heavy atom. The van der Waals surface area contributed by atoms with E-state index in [4.69, 9.17) is 4.74 Å². The minimum atomic E-state index is -0.601. The molecule has 0 amide bonds. The highest BCUT2D eigenvalue weighted by atomic mass is 16.5. The van der Waals surface area contributed by atoms with E-state index in [2.05, 4.69) is 0 Å². The van der Waals surface area contributed by atoms with Gasteiger partial charge in [0.05, 0.1) is 24.4 Å². The van der Waals surface area contributed by atoms with Gasteiger partial charge in [-0.1, -0.05) is 61.6 Å². The quantitative estimate of drug-likeness (QED) is 0.239. The number of hydrogen-bond donors (Lipinski definition) is 3. The Morgan fingerprint density at radius 2 is 1.94 bits per heavy atom. The zero-order valence-electron chi connectivity index (χ0n) is 19.5. The fourth-order valence-electron chi connectivity index (χ4n) is 4.12. The lowest BCUT2D eigenvalue weighted by molar-refractivity contribution is -0.148. The SMILES string of the molecule is CCC(C)OC(=O)CCCC=CCC1C(C=C[C@@H](O)CCc2ccccc2)[C@H](O)C[C@@H]1O. The molecule has 5 nitrogen and oxygen atoms in total. The first-order chi connectivity index (χ1) is 15.4. The first-order valence-electron chi connectivity index (χ1n) is 12.0. The van der Waals surface area contributed by atoms with Crippen LogP contribution in [0.1, 0.15) is 64.4 Å². The molecule has 2 rings (SSSR count). The molecule has 178 valence electrons. The number of hydrogen-bond acceptors (Lipinski definition) is 5. The van der Waals surface area contributed by atoms with Crippen LogP contribution in [-0.4, -0.2) is 45.7 Å². The molecule has 1 saturated carbocycles. The highest BCUT2D eigenvalue weighted by molar-refractivity contribution is 5.69. The Hall–Kier alpha value is -1.95. The van der Waals surface area contributed by atoms with E-state index in [1.165, 1.54) is 5.56 Å². The largest absolute Gasteiger partial charge is 0.463 e. The number of esters is 1. The molecule has 1 aliphatic rings. The number of aliphatic hydroxyl groups excluding tert-OH is 3. The molecule has 0 radical (unpaired) electrons. The van der Waals surface area contributed by atoms with Crippen molar-refractivity contribution in [3.8, 4) is 0 Å². The number of aryl methyl sites for hydroxylation is 1. The first-order valence-corrected chi connectivity index (χ1v) is 12.0. The molecule has 32 heavy (non-hydrogen) atoms. The van der Waals surface area contributed by atoms with E-state index in [0.29, 0.717) is 25.7 Å². The van der Waals surface area contributed by atoms with Gasteiger partial charge >= 0.3 is 5.97 Å². The van der Waals surface area contributed by atoms with Crippen molar-refractivity contribution < 1.29 is 24.9 Å². The molecular weight excluding hydrogens is 404 g/mol. The van der Waals surface area contributed by atoms with Crippen molar-refractivity contribution in [3.05, 3.63) is 60.2 Å². The summed E-state index contributed by atoms with van der Waals surface area (Å²) in [5.41, 5.74) is 1.19. The molecule has 3 N–H and O–H groups in total. The third kappa shape index (κ3) is 9.27. The number of benzene rings is 1. The molecule has 0 aromatic heterocycles. The maximum absolute atomic E-state index is 11.7. The third-order valence-electron chi connectivity index (χ3n) is 6.28. The number of ether oxygens (including phenoxy) is 1. The maximum atomic E-state index is 11.7. The summed E-state index contributed by atoms with van der Waals surface area (Å²) in [6.07, 6.45) is 11.1. The number of allylic oxidation sites excluding steroid dienone is 2. The van der Waals surface area contributed by atoms with Crippen LogP contribution in [0.4, 0.5) is 0 Å². The minimum Gasteiger partial charge on any atom is -0.463 e. The van der Waals surface area contributed by atoms with Gasteiger partial charge in [-0.2, -0.15) is 0 Å². The highest BCUT2D eigenvalue weighted by Crippen LogP contribution is 2.36. The molecule has 0 aliphatic heterocycles. The van der Waals surface area contributed by atoms with Gasteiger partial charge < -0.3 is 20.1 Å². The molecule has 0 saturated heterocycles. The number of carbonyl (C=O) groups excluding carboxylic acids is 1. The van der Waals surface area contributed by atoms with Crippen molar-refractivity contribution in [3.63, 3.8) is 0 Å². The monoisotopic (exact) mass is 444 g/mol. The van der Waals surface area contributed by atoms with Crippen molar-refractivity contribution in [1.82, 2.24) is 0 Å². The summed E-state index contributed by atoms with van der Waals surface area (Å²) in [6, 6.07) is 10.0. The van der Waals surface area contributed by atoms with Crippen LogP contribution in [0.5, 0.6) is 0 Å². The number of unbranched alkanes of at least 4 members (excludes halogenated alkanes) is 1. The van der Waals surface area contributed by atoms with E-state index >= 15 is 0 Å². The normalized spacial score (nSPS) is 25.4. The van der Waals surface area contributed by atoms with Gasteiger partial charge in [0.25, 0.3) is 0 Å². The number of carbonyl (C=O) groups is 1. The molecule has 6 atom stereocenters. The Bertz CT molecular complexity index is 714. The van der Waals surface area contributed by atoms with E-state index in [9.17, 15) is 20.1 Å². The van der Waals surface area contributed by atoms with Crippen LogP contribution in [0.3, 0.4) is 0 Å². The van der Waals surface area contributed by atoms with Crippen molar-refractivity contribution in [1.29, 1.82) is 0 Å². The number of aliphatic hydroxyl groups is 3. The van der Waals surface area contributed by atoms with E-state index < -0.39 is 18.3 Å². The van der Waals surface area contributed by atoms with Crippen LogP contribution in [0, 0.1) is 11.8 Å². The second kappa shape index (κ2) is 14.2. The number of rotatable bonds is 13. The summed E-state index contributed by atoms with van der Waals surface area (Å²) in [6.45, 7) is 3.88. The van der Waals surface area contributed by atoms with Crippen LogP contribution in [-0.2, 0) is 16.0 Å². The fourth-order valence-corrected chi connectivity index (χ4v) is 4.12. The summed E-state index contributed by atoms with van der Waals surface area (Å²) in [7, 11) is 0. The molecule has 1 aromatic rings. The van der Waals surface area contributed by atoms with Gasteiger partial charge in [-0.25, -0.2) is 0 Å². The summed E-state index contributed by atoms with van der Waals surface area (Å²) in [5, 5.41) is 31.1. The molecule has 5 heteroatoms. The van der Waals surface area contributed by atoms with Gasteiger partial charge in [-0.15, -0.1) is 0 Å². The Morgan fingerprint density at radius 3 is 2.66 bits per heavy atom. The van der Waals surface area contributed by atoms with Crippen molar-refractivity contribution >= 4 is 5.97 Å². The molecule has 0 spiro atoms. The van der Waals surface area contributed by atoms with E-state index in [0.717, 1.165) is 25.7 Å². The van der Waals surface area contributed by atoms with E-state index in [-0.39, 0.29) is 23.9 Å². The standard InChI is InChI=1S/C27H40O5/c1-3-20(2)32-27(31)14-10-5-4-9-13-23-24(26(30)19-25(23)29)18-17-22(28)16-15-21-11-7-6-8-12-21/h4,6-9,11-12,17-18,20,22-26,28-30H,3,5,10,13-16,19H2,1-2H3/t20?,22-,23?,24?,25-,26+/m0/s1. The molecular formula is C27H40O5. The van der Waals surface area contributed by atoms with Gasteiger partial charge in [0.1, 0.15) is 0 Å². The van der Waals surface area contributed by atoms with Crippen molar-refractivity contribution in [2.24, 2.45) is 11.8 Å². The van der Waals surface area contributed by atoms with Crippen molar-refractivity contribution in [2.45, 2.75) is 89.6 Å². The summed E-state index contributed by atoms with van der Waals surface area (Å²) in [5.74, 6) is -0.404. The Balaban J connectivity index is 1.75. The van der Waals surface area contributed by atoms with Gasteiger partial charge in [-0.05, 0) is 56.9 Å². The summed E-state index contributed by atoms with van der Waals surface area (Å²) < 4.78 is 5.26. The lowest BCUT2D eigenvalue weighted by Crippen LogP contribution is -2.20. The van der Waals surface area contributed by atoms with Crippen LogP contribution >= 0.6 is 0 Å². The molecule has 1 aromatic carbocycles. The highest BCUT2D eigenvalue weighted by Gasteiger charge is 2.39. The average Bonchev–Trinajstić information content (AvgIpc) is 3.05. The average molecular weight is 445 g/mol. The molecule has 0 heterocycles. The van der Waals surface area contributed by atoms with Crippen LogP contribution < -0.4 is 0 Å². The molecule has 1 aliphatic carbocycles. The molecule has 1 fully saturated rings. The van der Waals surface area contributed by atoms with Crippen LogP contribution in [0.25, 0.3) is 0 Å². The van der Waals surface area contributed by atoms with Gasteiger partial charge in [0, 0.05) is 18.8 Å². The van der Waals surface area contributed by atoms with Gasteiger partial charge in [-0.3, -0.25) is 4.79 Å². The minimum absolute atomic E-state index is 0.0323. The summed E-state index contributed by atoms with van der Waals surface area (Å²) >= 11 is 0. The van der Waals surface area contributed by atoms with E-state index in [1.807, 2.05) is 62.4 Å². The maximum Gasteiger partial charge on any atom is 0.306 e. The smallest absolute Gasteiger partial charge is 0.306 e. The first kappa shape index (κ1) is 26.3. The van der Waals surface area contributed by atoms with E-state index in [1.54, 1.807) is 6.08 Å². The Kier molecular flexibility index (Phi) is 11.7. The molecule has 3 unspecified atom stereocenters. The van der Waals surface area contributed by atoms with Gasteiger partial charge in [0.15, 0.2) is 0 Å². The summed E-state index contributed by atoms with van der Waals surface area (Å²) in [4.78, 5) is 11.7. The zero-order chi connectivity index (χ0) is 23.3. The lowest BCUT2D eigenvalue weighted by Gasteiger charge is -2.19. The molecule has 0 bridgehead atoms. The zero-order valence-corrected chi connectivity index (χ0v) is 19.5. The fraction of sp³-hybridized carbons (Fsp3) is 0.593.